The predicted molar refractivity (Wildman–Crippen MR) is 165 cm³/mol. The summed E-state index contributed by atoms with van der Waals surface area (Å²) in [6.07, 6.45) is 7.03. The van der Waals surface area contributed by atoms with Crippen LogP contribution in [0.5, 0.6) is 11.5 Å². The van der Waals surface area contributed by atoms with E-state index >= 15 is 0 Å². The van der Waals surface area contributed by atoms with Crippen molar-refractivity contribution in [1.29, 1.82) is 0 Å². The van der Waals surface area contributed by atoms with E-state index in [1.807, 2.05) is 25.1 Å². The first kappa shape index (κ1) is 29.7. The van der Waals surface area contributed by atoms with E-state index in [9.17, 15) is 24.0 Å². The number of carbonyl (C=O) groups is 5. The predicted octanol–water partition coefficient (Wildman–Crippen LogP) is 6.20. The van der Waals surface area contributed by atoms with E-state index in [1.54, 1.807) is 18.2 Å². The summed E-state index contributed by atoms with van der Waals surface area (Å²) in [5, 5.41) is 0. The topological polar surface area (TPSA) is 116 Å². The van der Waals surface area contributed by atoms with Gasteiger partial charge in [-0.3, -0.25) is 14.4 Å². The Kier molecular flexibility index (Phi) is 8.17. The van der Waals surface area contributed by atoms with Gasteiger partial charge in [-0.05, 0) is 96.5 Å². The Balaban J connectivity index is 1.05. The molecule has 1 aliphatic heterocycles. The van der Waals surface area contributed by atoms with Gasteiger partial charge in [-0.1, -0.05) is 32.1 Å². The Bertz CT molecular complexity index is 1750. The van der Waals surface area contributed by atoms with Crippen molar-refractivity contribution in [2.75, 3.05) is 4.90 Å². The van der Waals surface area contributed by atoms with Crippen LogP contribution in [0.25, 0.3) is 11.1 Å². The zero-order valence-electron chi connectivity index (χ0n) is 24.7. The lowest BCUT2D eigenvalue weighted by Crippen LogP contribution is -2.29. The zero-order valence-corrected chi connectivity index (χ0v) is 24.7. The lowest BCUT2D eigenvalue weighted by atomic mass is 9.97. The number of benzene rings is 3. The Labute approximate surface area is 260 Å². The lowest BCUT2D eigenvalue weighted by molar-refractivity contribution is -0.150. The van der Waals surface area contributed by atoms with Crippen molar-refractivity contribution < 1.29 is 38.2 Å². The fraction of sp³-hybridized carbons (Fsp3) is 0.250. The van der Waals surface area contributed by atoms with Gasteiger partial charge in [0.2, 0.25) is 0 Å². The Morgan fingerprint density at radius 1 is 0.800 bits per heavy atom. The molecular weight excluding hydrogens is 574 g/mol. The number of nitrogens with zero attached hydrogens (tertiary/aromatic N) is 1. The number of hydrogen-bond donors (Lipinski definition) is 0. The molecule has 0 saturated heterocycles. The highest BCUT2D eigenvalue weighted by molar-refractivity contribution is 6.28. The van der Waals surface area contributed by atoms with Gasteiger partial charge in [-0.15, -0.1) is 0 Å². The van der Waals surface area contributed by atoms with Gasteiger partial charge in [0.05, 0.1) is 17.7 Å². The molecule has 228 valence electrons. The van der Waals surface area contributed by atoms with Gasteiger partial charge in [0.25, 0.3) is 11.8 Å². The SMILES string of the molecule is C=C(CC(=O)OC1CCCCC1)C(=O)Oc1ccc(OC(=O)c2ccc3c(c2)C(C)c2cc(N4C(=O)C=CC4=O)ccc2-3)cc1. The van der Waals surface area contributed by atoms with Crippen molar-refractivity contribution in [3.8, 4) is 22.6 Å². The van der Waals surface area contributed by atoms with Crippen molar-refractivity contribution in [1.82, 2.24) is 0 Å². The molecule has 9 nitrogen and oxygen atoms in total. The third-order valence-electron chi connectivity index (χ3n) is 8.35. The molecule has 0 bridgehead atoms. The Morgan fingerprint density at radius 3 is 2.07 bits per heavy atom. The highest BCUT2D eigenvalue weighted by Crippen LogP contribution is 2.46. The van der Waals surface area contributed by atoms with Gasteiger partial charge in [0.15, 0.2) is 0 Å². The third-order valence-corrected chi connectivity index (χ3v) is 8.35. The lowest BCUT2D eigenvalue weighted by Gasteiger charge is -2.21. The van der Waals surface area contributed by atoms with Crippen molar-refractivity contribution in [2.24, 2.45) is 0 Å². The van der Waals surface area contributed by atoms with E-state index in [0.717, 1.165) is 59.3 Å². The third kappa shape index (κ3) is 6.20. The second kappa shape index (κ2) is 12.4. The molecule has 9 heteroatoms. The van der Waals surface area contributed by atoms with Gasteiger partial charge in [-0.25, -0.2) is 14.5 Å². The van der Waals surface area contributed by atoms with E-state index in [4.69, 9.17) is 14.2 Å². The average molecular weight is 606 g/mol. The number of esters is 3. The number of fused-ring (bicyclic) bond motifs is 3. The first-order valence-electron chi connectivity index (χ1n) is 14.9. The maximum Gasteiger partial charge on any atom is 0.343 e. The molecular formula is C36H31NO8. The molecule has 3 aromatic rings. The largest absolute Gasteiger partial charge is 0.462 e. The number of ether oxygens (including phenoxy) is 3. The Hall–Kier alpha value is -5.31. The maximum atomic E-state index is 13.0. The summed E-state index contributed by atoms with van der Waals surface area (Å²) < 4.78 is 16.3. The van der Waals surface area contributed by atoms with Gasteiger partial charge in [-0.2, -0.15) is 0 Å². The summed E-state index contributed by atoms with van der Waals surface area (Å²) in [7, 11) is 0. The van der Waals surface area contributed by atoms with Crippen LogP contribution in [-0.2, 0) is 23.9 Å². The van der Waals surface area contributed by atoms with Crippen LogP contribution in [0.2, 0.25) is 0 Å². The van der Waals surface area contributed by atoms with Crippen molar-refractivity contribution >= 4 is 35.4 Å². The minimum atomic E-state index is -0.740. The number of amides is 2. The minimum Gasteiger partial charge on any atom is -0.462 e. The van der Waals surface area contributed by atoms with Crippen LogP contribution in [0.15, 0.2) is 85.0 Å². The molecule has 1 fully saturated rings. The Morgan fingerprint density at radius 2 is 1.40 bits per heavy atom. The van der Waals surface area contributed by atoms with Crippen LogP contribution >= 0.6 is 0 Å². The standard InChI is InChI=1S/C36H31NO8/c1-21(18-34(40)43-25-6-4-3-5-7-25)35(41)44-26-10-12-27(13-11-26)45-36(42)23-8-14-28-29-15-9-24(37-32(38)16-17-33(37)39)20-31(29)22(2)30(28)19-23/h8-17,19-20,22,25H,1,3-7,18H2,2H3. The van der Waals surface area contributed by atoms with Gasteiger partial charge in [0, 0.05) is 23.6 Å². The van der Waals surface area contributed by atoms with E-state index in [-0.39, 0.29) is 47.3 Å². The summed E-state index contributed by atoms with van der Waals surface area (Å²) in [5.41, 5.74) is 4.67. The quantitative estimate of drug-likeness (QED) is 0.129. The molecule has 3 aliphatic rings. The van der Waals surface area contributed by atoms with Gasteiger partial charge in [0.1, 0.15) is 17.6 Å². The summed E-state index contributed by atoms with van der Waals surface area (Å²) >= 11 is 0. The molecule has 1 saturated carbocycles. The molecule has 0 radical (unpaired) electrons. The molecule has 1 heterocycles. The van der Waals surface area contributed by atoms with Crippen molar-refractivity contribution in [3.05, 3.63) is 102 Å². The number of carbonyl (C=O) groups excluding carboxylic acids is 5. The molecule has 0 N–H and O–H groups in total. The van der Waals surface area contributed by atoms with Gasteiger partial charge >= 0.3 is 17.9 Å². The fourth-order valence-corrected chi connectivity index (χ4v) is 5.99. The van der Waals surface area contributed by atoms with Gasteiger partial charge < -0.3 is 14.2 Å². The van der Waals surface area contributed by atoms with Crippen LogP contribution in [0.1, 0.15) is 72.9 Å². The summed E-state index contributed by atoms with van der Waals surface area (Å²) in [6.45, 7) is 5.67. The monoisotopic (exact) mass is 605 g/mol. The van der Waals surface area contributed by atoms with Crippen LogP contribution < -0.4 is 14.4 Å². The van der Waals surface area contributed by atoms with E-state index in [2.05, 4.69) is 6.58 Å². The first-order chi connectivity index (χ1) is 21.7. The van der Waals surface area contributed by atoms with Crippen LogP contribution in [0, 0.1) is 0 Å². The van der Waals surface area contributed by atoms with Crippen molar-refractivity contribution in [3.63, 3.8) is 0 Å². The average Bonchev–Trinajstić information content (AvgIpc) is 3.52. The number of anilines is 1. The maximum absolute atomic E-state index is 13.0. The molecule has 3 aromatic carbocycles. The molecule has 6 rings (SSSR count). The summed E-state index contributed by atoms with van der Waals surface area (Å²) in [4.78, 5) is 63.2. The highest BCUT2D eigenvalue weighted by atomic mass is 16.6. The minimum absolute atomic E-state index is 0.00874. The second-order valence-electron chi connectivity index (χ2n) is 11.4. The smallest absolute Gasteiger partial charge is 0.343 e. The zero-order chi connectivity index (χ0) is 31.7. The summed E-state index contributed by atoms with van der Waals surface area (Å²) in [5.74, 6) is -2.17. The number of hydrogen-bond acceptors (Lipinski definition) is 8. The molecule has 2 amide bonds. The fourth-order valence-electron chi connectivity index (χ4n) is 5.99. The van der Waals surface area contributed by atoms with Crippen LogP contribution in [0.3, 0.4) is 0 Å². The molecule has 1 unspecified atom stereocenters. The molecule has 45 heavy (non-hydrogen) atoms. The number of imide groups is 1. The molecule has 2 aliphatic carbocycles. The molecule has 1 atom stereocenters. The second-order valence-corrected chi connectivity index (χ2v) is 11.4. The van der Waals surface area contributed by atoms with Crippen molar-refractivity contribution in [2.45, 2.75) is 57.5 Å². The van der Waals surface area contributed by atoms with Crippen LogP contribution in [0.4, 0.5) is 5.69 Å². The van der Waals surface area contributed by atoms with Crippen LogP contribution in [-0.4, -0.2) is 35.8 Å². The summed E-state index contributed by atoms with van der Waals surface area (Å²) in [6, 6.07) is 16.8. The normalized spacial score (nSPS) is 17.1. The number of rotatable bonds is 8. The van der Waals surface area contributed by atoms with E-state index < -0.39 is 17.9 Å². The van der Waals surface area contributed by atoms with E-state index in [0.29, 0.717) is 11.3 Å². The molecule has 0 spiro atoms. The molecule has 0 aromatic heterocycles. The van der Waals surface area contributed by atoms with E-state index in [1.165, 1.54) is 36.4 Å². The highest BCUT2D eigenvalue weighted by Gasteiger charge is 2.31. The first-order valence-corrected chi connectivity index (χ1v) is 14.9.